The highest BCUT2D eigenvalue weighted by molar-refractivity contribution is 5.76. The lowest BCUT2D eigenvalue weighted by Gasteiger charge is -2.08. The lowest BCUT2D eigenvalue weighted by Crippen LogP contribution is -2.33. The normalized spacial score (nSPS) is 10.4. The summed E-state index contributed by atoms with van der Waals surface area (Å²) < 4.78 is 0. The van der Waals surface area contributed by atoms with Crippen LogP contribution in [0.4, 0.5) is 0 Å². The van der Waals surface area contributed by atoms with Crippen LogP contribution in [-0.2, 0) is 29.3 Å². The predicted octanol–water partition coefficient (Wildman–Crippen LogP) is 1.48. The fraction of sp³-hybridized carbons (Fsp3) is 0.235. The number of hydrogen-bond donors (Lipinski definition) is 3. The number of carbonyl (C=O) groups is 1. The Labute approximate surface area is 130 Å². The van der Waals surface area contributed by atoms with Gasteiger partial charge in [-0.2, -0.15) is 0 Å². The van der Waals surface area contributed by atoms with E-state index in [4.69, 9.17) is 10.6 Å². The highest BCUT2D eigenvalue weighted by Crippen LogP contribution is 2.04. The third-order valence-corrected chi connectivity index (χ3v) is 3.14. The van der Waals surface area contributed by atoms with Gasteiger partial charge in [-0.15, -0.1) is 0 Å². The second kappa shape index (κ2) is 8.94. The summed E-state index contributed by atoms with van der Waals surface area (Å²) in [7, 11) is 0. The van der Waals surface area contributed by atoms with Gasteiger partial charge in [0.25, 0.3) is 5.91 Å². The van der Waals surface area contributed by atoms with Crippen molar-refractivity contribution >= 4 is 5.91 Å². The van der Waals surface area contributed by atoms with Gasteiger partial charge in [0, 0.05) is 13.1 Å². The van der Waals surface area contributed by atoms with Crippen LogP contribution in [-0.4, -0.2) is 12.5 Å². The zero-order valence-corrected chi connectivity index (χ0v) is 12.4. The molecule has 0 saturated heterocycles. The monoisotopic (exact) mass is 299 g/mol. The summed E-state index contributed by atoms with van der Waals surface area (Å²) >= 11 is 0. The largest absolute Gasteiger partial charge is 0.326 e. The summed E-state index contributed by atoms with van der Waals surface area (Å²) in [5.74, 6) is -0.200. The molecule has 0 heterocycles. The van der Waals surface area contributed by atoms with Crippen LogP contribution < -0.4 is 16.5 Å². The molecule has 4 N–H and O–H groups in total. The second-order valence-electron chi connectivity index (χ2n) is 4.92. The minimum Gasteiger partial charge on any atom is -0.326 e. The topological polar surface area (TPSA) is 76.4 Å². The van der Waals surface area contributed by atoms with E-state index in [1.54, 1.807) is 0 Å². The highest BCUT2D eigenvalue weighted by atomic mass is 16.6. The molecule has 0 spiro atoms. The minimum atomic E-state index is -0.200. The number of rotatable bonds is 8. The zero-order valence-electron chi connectivity index (χ0n) is 12.4. The van der Waals surface area contributed by atoms with Gasteiger partial charge in [0.15, 0.2) is 0 Å². The fourth-order valence-electron chi connectivity index (χ4n) is 1.92. The Kier molecular flexibility index (Phi) is 6.57. The van der Waals surface area contributed by atoms with Crippen LogP contribution in [0.5, 0.6) is 0 Å². The van der Waals surface area contributed by atoms with Gasteiger partial charge in [0.1, 0.15) is 0 Å². The van der Waals surface area contributed by atoms with Crippen molar-refractivity contribution in [1.29, 1.82) is 0 Å². The van der Waals surface area contributed by atoms with Crippen molar-refractivity contribution < 1.29 is 9.63 Å². The average Bonchev–Trinajstić information content (AvgIpc) is 2.56. The van der Waals surface area contributed by atoms with Crippen molar-refractivity contribution in [2.45, 2.75) is 19.7 Å². The van der Waals surface area contributed by atoms with Crippen molar-refractivity contribution in [3.05, 3.63) is 71.3 Å². The highest BCUT2D eigenvalue weighted by Gasteiger charge is 2.01. The van der Waals surface area contributed by atoms with Crippen LogP contribution in [0, 0.1) is 0 Å². The molecule has 0 aliphatic carbocycles. The molecule has 5 nitrogen and oxygen atoms in total. The first-order valence-corrected chi connectivity index (χ1v) is 7.21. The minimum absolute atomic E-state index is 0.200. The van der Waals surface area contributed by atoms with Gasteiger partial charge in [0.05, 0.1) is 13.2 Å². The molecule has 1 amide bonds. The van der Waals surface area contributed by atoms with Gasteiger partial charge in [-0.05, 0) is 16.7 Å². The van der Waals surface area contributed by atoms with E-state index in [-0.39, 0.29) is 12.5 Å². The summed E-state index contributed by atoms with van der Waals surface area (Å²) in [4.78, 5) is 16.8. The smallest absolute Gasteiger partial charge is 0.257 e. The van der Waals surface area contributed by atoms with Crippen molar-refractivity contribution in [2.75, 3.05) is 6.54 Å². The molecule has 0 aliphatic rings. The van der Waals surface area contributed by atoms with Crippen LogP contribution >= 0.6 is 0 Å². The van der Waals surface area contributed by atoms with E-state index in [1.165, 1.54) is 0 Å². The van der Waals surface area contributed by atoms with Crippen molar-refractivity contribution in [3.63, 3.8) is 0 Å². The molecule has 116 valence electrons. The quantitative estimate of drug-likeness (QED) is 0.645. The molecule has 0 fully saturated rings. The van der Waals surface area contributed by atoms with E-state index >= 15 is 0 Å². The van der Waals surface area contributed by atoms with Crippen molar-refractivity contribution in [3.8, 4) is 0 Å². The SMILES string of the molecule is NCc1ccc(CONC(=O)CNCc2ccccc2)cc1. The number of amides is 1. The van der Waals surface area contributed by atoms with Crippen LogP contribution in [0.3, 0.4) is 0 Å². The van der Waals surface area contributed by atoms with E-state index in [9.17, 15) is 4.79 Å². The molecule has 0 aromatic heterocycles. The van der Waals surface area contributed by atoms with Crippen molar-refractivity contribution in [1.82, 2.24) is 10.8 Å². The molecule has 0 radical (unpaired) electrons. The van der Waals surface area contributed by atoms with Crippen LogP contribution in [0.15, 0.2) is 54.6 Å². The molecule has 22 heavy (non-hydrogen) atoms. The third kappa shape index (κ3) is 5.65. The van der Waals surface area contributed by atoms with Gasteiger partial charge < -0.3 is 11.1 Å². The summed E-state index contributed by atoms with van der Waals surface area (Å²) in [6.07, 6.45) is 0. The maximum atomic E-state index is 11.6. The summed E-state index contributed by atoms with van der Waals surface area (Å²) in [6.45, 7) is 1.70. The first-order chi connectivity index (χ1) is 10.8. The molecular weight excluding hydrogens is 278 g/mol. The Morgan fingerprint density at radius 2 is 1.64 bits per heavy atom. The molecule has 0 atom stereocenters. The summed E-state index contributed by atoms with van der Waals surface area (Å²) in [5.41, 5.74) is 11.1. The maximum Gasteiger partial charge on any atom is 0.257 e. The van der Waals surface area contributed by atoms with E-state index in [2.05, 4.69) is 10.8 Å². The number of hydrogen-bond acceptors (Lipinski definition) is 4. The Bertz CT molecular complexity index is 570. The molecule has 5 heteroatoms. The lowest BCUT2D eigenvalue weighted by atomic mass is 10.1. The van der Waals surface area contributed by atoms with E-state index in [0.29, 0.717) is 19.7 Å². The second-order valence-corrected chi connectivity index (χ2v) is 4.92. The number of nitrogens with two attached hydrogens (primary N) is 1. The Morgan fingerprint density at radius 1 is 0.955 bits per heavy atom. The Balaban J connectivity index is 1.61. The third-order valence-electron chi connectivity index (χ3n) is 3.14. The molecule has 2 aromatic carbocycles. The van der Waals surface area contributed by atoms with Gasteiger partial charge >= 0.3 is 0 Å². The van der Waals surface area contributed by atoms with E-state index in [1.807, 2.05) is 54.6 Å². The lowest BCUT2D eigenvalue weighted by molar-refractivity contribution is -0.133. The molecule has 0 saturated carbocycles. The standard InChI is InChI=1S/C17H21N3O2/c18-10-14-6-8-16(9-7-14)13-22-20-17(21)12-19-11-15-4-2-1-3-5-15/h1-9,19H,10-13,18H2,(H,20,21). The number of benzene rings is 2. The molecule has 2 aromatic rings. The van der Waals surface area contributed by atoms with Crippen LogP contribution in [0.25, 0.3) is 0 Å². The van der Waals surface area contributed by atoms with E-state index in [0.717, 1.165) is 16.7 Å². The first-order valence-electron chi connectivity index (χ1n) is 7.21. The zero-order chi connectivity index (χ0) is 15.6. The van der Waals surface area contributed by atoms with Gasteiger partial charge in [-0.25, -0.2) is 5.48 Å². The predicted molar refractivity (Wildman–Crippen MR) is 85.4 cm³/mol. The molecular formula is C17H21N3O2. The fourth-order valence-corrected chi connectivity index (χ4v) is 1.92. The number of hydroxylamine groups is 1. The average molecular weight is 299 g/mol. The first kappa shape index (κ1) is 16.2. The van der Waals surface area contributed by atoms with Crippen molar-refractivity contribution in [2.24, 2.45) is 5.73 Å². The maximum absolute atomic E-state index is 11.6. The van der Waals surface area contributed by atoms with Gasteiger partial charge in [-0.3, -0.25) is 9.63 Å². The summed E-state index contributed by atoms with van der Waals surface area (Å²) in [6, 6.07) is 17.7. The summed E-state index contributed by atoms with van der Waals surface area (Å²) in [5, 5.41) is 3.06. The Hall–Kier alpha value is -2.21. The molecule has 0 unspecified atom stereocenters. The molecule has 2 rings (SSSR count). The number of carbonyl (C=O) groups excluding carboxylic acids is 1. The van der Waals surface area contributed by atoms with Crippen LogP contribution in [0.2, 0.25) is 0 Å². The van der Waals surface area contributed by atoms with Crippen LogP contribution in [0.1, 0.15) is 16.7 Å². The number of nitrogens with one attached hydrogen (secondary N) is 2. The van der Waals surface area contributed by atoms with Gasteiger partial charge in [-0.1, -0.05) is 54.6 Å². The van der Waals surface area contributed by atoms with Gasteiger partial charge in [0.2, 0.25) is 0 Å². The molecule has 0 bridgehead atoms. The molecule has 0 aliphatic heterocycles. The van der Waals surface area contributed by atoms with E-state index < -0.39 is 0 Å². The Morgan fingerprint density at radius 3 is 2.32 bits per heavy atom.